The maximum absolute atomic E-state index is 15.3. The molecule has 34 heavy (non-hydrogen) atoms. The average Bonchev–Trinajstić information content (AvgIpc) is 3.62. The largest absolute Gasteiger partial charge is 0.507 e. The molecule has 2 aromatic heterocycles. The number of fused-ring (bicyclic) bond motifs is 2. The zero-order chi connectivity index (χ0) is 23.2. The number of rotatable bonds is 6. The summed E-state index contributed by atoms with van der Waals surface area (Å²) in [6.07, 6.45) is 10.7. The van der Waals surface area contributed by atoms with Gasteiger partial charge in [-0.05, 0) is 80.4 Å². The van der Waals surface area contributed by atoms with Gasteiger partial charge in [0.15, 0.2) is 11.6 Å². The van der Waals surface area contributed by atoms with Gasteiger partial charge in [0.25, 0.3) is 0 Å². The first-order valence-electron chi connectivity index (χ1n) is 11.9. The van der Waals surface area contributed by atoms with Crippen LogP contribution in [0.3, 0.4) is 0 Å². The molecule has 9 heteroatoms. The number of nitrogens with zero attached hydrogens (tertiary/aromatic N) is 6. The summed E-state index contributed by atoms with van der Waals surface area (Å²) in [6.45, 7) is 0. The Labute approximate surface area is 202 Å². The molecule has 1 N–H and O–H groups in total. The molecule has 3 aliphatic carbocycles. The van der Waals surface area contributed by atoms with Crippen molar-refractivity contribution in [1.82, 2.24) is 25.4 Å². The van der Waals surface area contributed by atoms with Crippen molar-refractivity contribution in [3.63, 3.8) is 0 Å². The third-order valence-electron chi connectivity index (χ3n) is 7.50. The van der Waals surface area contributed by atoms with E-state index in [1.807, 2.05) is 18.4 Å². The van der Waals surface area contributed by atoms with Crippen LogP contribution in [0.15, 0.2) is 41.7 Å². The lowest BCUT2D eigenvalue weighted by molar-refractivity contribution is 0.140. The van der Waals surface area contributed by atoms with E-state index < -0.39 is 6.17 Å². The second-order valence-corrected chi connectivity index (χ2v) is 10.5. The Morgan fingerprint density at radius 3 is 2.62 bits per heavy atom. The fourth-order valence-electron chi connectivity index (χ4n) is 5.67. The highest BCUT2D eigenvalue weighted by atomic mass is 32.2. The van der Waals surface area contributed by atoms with E-state index in [0.29, 0.717) is 29.2 Å². The lowest BCUT2D eigenvalue weighted by atomic mass is 9.83. The normalized spacial score (nSPS) is 25.9. The van der Waals surface area contributed by atoms with Gasteiger partial charge in [0.1, 0.15) is 16.9 Å². The highest BCUT2D eigenvalue weighted by Crippen LogP contribution is 2.47. The van der Waals surface area contributed by atoms with Crippen molar-refractivity contribution in [2.24, 2.45) is 11.8 Å². The molecule has 3 aromatic rings. The van der Waals surface area contributed by atoms with Crippen LogP contribution in [-0.4, -0.2) is 55.0 Å². The molecule has 0 amide bonds. The van der Waals surface area contributed by atoms with E-state index >= 15 is 4.39 Å². The molecule has 4 atom stereocenters. The summed E-state index contributed by atoms with van der Waals surface area (Å²) in [7, 11) is 0. The molecular formula is C25H27FN6OS. The molecule has 7 nitrogen and oxygen atoms in total. The number of benzene rings is 1. The molecule has 0 radical (unpaired) electrons. The topological polar surface area (TPSA) is 87.9 Å². The number of phenols is 1. The van der Waals surface area contributed by atoms with Crippen molar-refractivity contribution < 1.29 is 9.50 Å². The minimum Gasteiger partial charge on any atom is -0.507 e. The summed E-state index contributed by atoms with van der Waals surface area (Å²) in [4.78, 5) is 6.68. The number of aromatic hydroxyl groups is 1. The molecule has 3 saturated carbocycles. The van der Waals surface area contributed by atoms with Gasteiger partial charge in [-0.3, -0.25) is 0 Å². The molecule has 176 valence electrons. The Kier molecular flexibility index (Phi) is 5.59. The monoisotopic (exact) mass is 478 g/mol. The molecule has 0 unspecified atom stereocenters. The molecule has 1 aromatic carbocycles. The molecule has 3 aliphatic rings. The number of hydrogen-bond acceptors (Lipinski definition) is 8. The van der Waals surface area contributed by atoms with Crippen LogP contribution in [-0.2, 0) is 0 Å². The molecule has 0 saturated heterocycles. The highest BCUT2D eigenvalue weighted by Gasteiger charge is 2.48. The van der Waals surface area contributed by atoms with Gasteiger partial charge in [0, 0.05) is 11.6 Å². The van der Waals surface area contributed by atoms with E-state index in [0.717, 1.165) is 54.7 Å². The van der Waals surface area contributed by atoms with Gasteiger partial charge < -0.3 is 10.0 Å². The highest BCUT2D eigenvalue weighted by molar-refractivity contribution is 7.98. The van der Waals surface area contributed by atoms with Crippen molar-refractivity contribution >= 4 is 17.6 Å². The molecule has 0 spiro atoms. The Morgan fingerprint density at radius 1 is 1.00 bits per heavy atom. The van der Waals surface area contributed by atoms with Crippen molar-refractivity contribution in [1.29, 1.82) is 0 Å². The van der Waals surface area contributed by atoms with Gasteiger partial charge in [-0.2, -0.15) is 5.10 Å². The van der Waals surface area contributed by atoms with Crippen LogP contribution in [0.5, 0.6) is 5.75 Å². The van der Waals surface area contributed by atoms with E-state index in [1.54, 1.807) is 24.5 Å². The maximum atomic E-state index is 15.3. The average molecular weight is 479 g/mol. The summed E-state index contributed by atoms with van der Waals surface area (Å²) in [5.41, 5.74) is 2.21. The smallest absolute Gasteiger partial charge is 0.185 e. The van der Waals surface area contributed by atoms with Crippen LogP contribution < -0.4 is 4.90 Å². The molecule has 0 aliphatic heterocycles. The van der Waals surface area contributed by atoms with Gasteiger partial charge in [0.05, 0.1) is 24.0 Å². The minimum absolute atomic E-state index is 0.0706. The van der Waals surface area contributed by atoms with E-state index in [1.165, 1.54) is 11.8 Å². The van der Waals surface area contributed by atoms with E-state index in [2.05, 4.69) is 30.3 Å². The van der Waals surface area contributed by atoms with Crippen LogP contribution in [0.2, 0.25) is 0 Å². The third kappa shape index (κ3) is 4.00. The molecule has 6 rings (SSSR count). The lowest BCUT2D eigenvalue weighted by Crippen LogP contribution is -2.49. The summed E-state index contributed by atoms with van der Waals surface area (Å²) in [6, 6.07) is 7.49. The zero-order valence-electron chi connectivity index (χ0n) is 19.0. The van der Waals surface area contributed by atoms with Gasteiger partial charge in [-0.25, -0.2) is 9.37 Å². The number of alkyl halides is 1. The fraction of sp³-hybridized carbons (Fsp3) is 0.480. The number of anilines is 1. The Morgan fingerprint density at radius 2 is 1.88 bits per heavy atom. The van der Waals surface area contributed by atoms with Crippen molar-refractivity contribution in [2.45, 2.75) is 61.8 Å². The predicted octanol–water partition coefficient (Wildman–Crippen LogP) is 4.92. The maximum Gasteiger partial charge on any atom is 0.185 e. The summed E-state index contributed by atoms with van der Waals surface area (Å²) >= 11 is 1.51. The lowest BCUT2D eigenvalue weighted by Gasteiger charge is -2.40. The van der Waals surface area contributed by atoms with Crippen LogP contribution in [0.25, 0.3) is 22.5 Å². The number of aromatic nitrogens is 5. The van der Waals surface area contributed by atoms with Crippen LogP contribution in [0, 0.1) is 11.8 Å². The first-order valence-corrected chi connectivity index (χ1v) is 13.2. The minimum atomic E-state index is -0.813. The van der Waals surface area contributed by atoms with Gasteiger partial charge in [-0.15, -0.1) is 27.1 Å². The van der Waals surface area contributed by atoms with Crippen molar-refractivity contribution in [3.8, 4) is 28.3 Å². The van der Waals surface area contributed by atoms with Crippen LogP contribution in [0.4, 0.5) is 10.2 Å². The van der Waals surface area contributed by atoms with Crippen molar-refractivity contribution in [3.05, 3.63) is 36.7 Å². The number of halogens is 1. The summed E-state index contributed by atoms with van der Waals surface area (Å²) in [5.74, 6) is 1.87. The molecule has 3 fully saturated rings. The number of phenolic OH excluding ortho intramolecular Hbond substituents is 1. The van der Waals surface area contributed by atoms with Crippen LogP contribution in [0.1, 0.15) is 38.5 Å². The molecular weight excluding hydrogens is 451 g/mol. The standard InChI is InChI=1S/C25H27FN6OS/c1-34-23-11-17(12-28-30-23)15-4-7-19(21(33)10-15)25-27-13-22(29-31-25)32(18-5-6-18)20-9-14-2-3-16(8-14)24(20)26/h4,7,10-14,16,18,20,24,33H,2-3,5-6,8-9H2,1H3/t14-,16+,20+,24-/m0/s1. The van der Waals surface area contributed by atoms with E-state index in [9.17, 15) is 5.11 Å². The number of thioether (sulfide) groups is 1. The fourth-order valence-corrected chi connectivity index (χ4v) is 6.04. The SMILES string of the molecule is CSc1cc(-c2ccc(-c3ncc(N(C4CC4)[C@@H]4C[C@H]5CC[C@H](C5)[C@@H]4F)nn3)c(O)c2)cnn1. The Balaban J connectivity index is 1.26. The van der Waals surface area contributed by atoms with Crippen molar-refractivity contribution in [2.75, 3.05) is 11.2 Å². The van der Waals surface area contributed by atoms with E-state index in [-0.39, 0.29) is 17.7 Å². The Bertz CT molecular complexity index is 1190. The van der Waals surface area contributed by atoms with Gasteiger partial charge in [0.2, 0.25) is 0 Å². The molecule has 2 heterocycles. The predicted molar refractivity (Wildman–Crippen MR) is 129 cm³/mol. The Hall–Kier alpha value is -2.81. The third-order valence-corrected chi connectivity index (χ3v) is 8.12. The first kappa shape index (κ1) is 21.7. The second-order valence-electron chi connectivity index (χ2n) is 9.68. The van der Waals surface area contributed by atoms with Gasteiger partial charge >= 0.3 is 0 Å². The summed E-state index contributed by atoms with van der Waals surface area (Å²) in [5, 5.41) is 28.4. The zero-order valence-corrected chi connectivity index (χ0v) is 19.8. The van der Waals surface area contributed by atoms with Crippen LogP contribution >= 0.6 is 11.8 Å². The van der Waals surface area contributed by atoms with Gasteiger partial charge in [-0.1, -0.05) is 6.07 Å². The second kappa shape index (κ2) is 8.76. The summed E-state index contributed by atoms with van der Waals surface area (Å²) < 4.78 is 15.3. The molecule has 2 bridgehead atoms. The first-order chi connectivity index (χ1) is 16.6. The quantitative estimate of drug-likeness (QED) is 0.500. The number of hydrogen-bond donors (Lipinski definition) is 1. The van der Waals surface area contributed by atoms with E-state index in [4.69, 9.17) is 0 Å².